The summed E-state index contributed by atoms with van der Waals surface area (Å²) in [4.78, 5) is 13.9. The third-order valence-electron chi connectivity index (χ3n) is 6.62. The molecule has 5 rings (SSSR count). The minimum absolute atomic E-state index is 0.705. The first-order chi connectivity index (χ1) is 18.4. The average Bonchev–Trinajstić information content (AvgIpc) is 3.53. The topological polar surface area (TPSA) is 75.4 Å². The van der Waals surface area contributed by atoms with Crippen LogP contribution in [0.1, 0.15) is 35.4 Å². The lowest BCUT2D eigenvalue weighted by Crippen LogP contribution is -2.15. The molecule has 2 aliphatic heterocycles. The summed E-state index contributed by atoms with van der Waals surface area (Å²) in [6.45, 7) is 3.43. The Morgan fingerprint density at radius 2 is 1.08 bits per heavy atom. The average molecular weight is 513 g/mol. The van der Waals surface area contributed by atoms with Gasteiger partial charge in [-0.25, -0.2) is 0 Å². The second kappa shape index (κ2) is 11.8. The maximum absolute atomic E-state index is 5.93. The molecule has 3 heterocycles. The van der Waals surface area contributed by atoms with E-state index >= 15 is 0 Å². The van der Waals surface area contributed by atoms with E-state index in [9.17, 15) is 0 Å². The van der Waals surface area contributed by atoms with Gasteiger partial charge < -0.3 is 19.3 Å². The van der Waals surface area contributed by atoms with Gasteiger partial charge in [0.1, 0.15) is 22.9 Å². The molecule has 0 radical (unpaired) electrons. The van der Waals surface area contributed by atoms with Gasteiger partial charge in [-0.15, -0.1) is 10.2 Å². The minimum Gasteiger partial charge on any atom is -0.494 e. The molecule has 8 heteroatoms. The van der Waals surface area contributed by atoms with E-state index in [2.05, 4.69) is 60.3 Å². The van der Waals surface area contributed by atoms with Crippen LogP contribution in [0.25, 0.3) is 0 Å². The quantitative estimate of drug-likeness (QED) is 0.333. The van der Waals surface area contributed by atoms with Crippen LogP contribution in [0, 0.1) is 0 Å². The molecule has 0 fully saturated rings. The molecule has 0 saturated heterocycles. The highest BCUT2D eigenvalue weighted by Crippen LogP contribution is 2.33. The molecule has 0 atom stereocenters. The normalized spacial score (nSPS) is 13.9. The molecule has 8 nitrogen and oxygen atoms in total. The standard InChI is InChI=1S/C30H36N6O2/c1-35(2)13-5-15-37-23-7-9-25-21(17-23)19-29(31-25)27-11-12-28(34-33-27)30-20-22-18-24(8-10-26(22)32-30)38-16-6-14-36(3)4/h7-12,17-18H,5-6,13-16,19-20H2,1-4H3. The van der Waals surface area contributed by atoms with E-state index < -0.39 is 0 Å². The van der Waals surface area contributed by atoms with E-state index in [0.717, 1.165) is 95.6 Å². The zero-order valence-corrected chi connectivity index (χ0v) is 22.8. The highest BCUT2D eigenvalue weighted by atomic mass is 16.5. The van der Waals surface area contributed by atoms with E-state index in [4.69, 9.17) is 19.5 Å². The molecule has 2 aromatic carbocycles. The summed E-state index contributed by atoms with van der Waals surface area (Å²) in [5.41, 5.74) is 7.71. The molecule has 0 amide bonds. The van der Waals surface area contributed by atoms with Crippen molar-refractivity contribution in [1.29, 1.82) is 0 Å². The van der Waals surface area contributed by atoms with Gasteiger partial charge in [-0.3, -0.25) is 9.98 Å². The summed E-state index contributed by atoms with van der Waals surface area (Å²) in [5.74, 6) is 1.78. The van der Waals surface area contributed by atoms with Crippen LogP contribution in [-0.4, -0.2) is 85.9 Å². The molecule has 2 aliphatic rings. The second-order valence-electron chi connectivity index (χ2n) is 10.4. The van der Waals surface area contributed by atoms with E-state index in [0.29, 0.717) is 13.2 Å². The fourth-order valence-corrected chi connectivity index (χ4v) is 4.61. The molecule has 3 aromatic rings. The van der Waals surface area contributed by atoms with Gasteiger partial charge in [0, 0.05) is 25.9 Å². The Balaban J connectivity index is 1.17. The van der Waals surface area contributed by atoms with Crippen molar-refractivity contribution in [2.24, 2.45) is 9.98 Å². The smallest absolute Gasteiger partial charge is 0.119 e. The van der Waals surface area contributed by atoms with Crippen molar-refractivity contribution in [3.05, 3.63) is 71.0 Å². The molecule has 0 saturated carbocycles. The SMILES string of the molecule is CN(C)CCCOc1ccc2c(c1)CC(c1ccc(C3=Nc4ccc(OCCCN(C)C)cc4C3)nn1)=N2. The molecule has 1 aromatic heterocycles. The van der Waals surface area contributed by atoms with Gasteiger partial charge in [0.15, 0.2) is 0 Å². The van der Waals surface area contributed by atoms with Crippen molar-refractivity contribution in [1.82, 2.24) is 20.0 Å². The van der Waals surface area contributed by atoms with Crippen LogP contribution in [-0.2, 0) is 12.8 Å². The van der Waals surface area contributed by atoms with Crippen LogP contribution in [0.2, 0.25) is 0 Å². The number of ether oxygens (including phenoxy) is 2. The predicted octanol–water partition coefficient (Wildman–Crippen LogP) is 4.49. The molecular formula is C30H36N6O2. The number of rotatable bonds is 12. The zero-order valence-electron chi connectivity index (χ0n) is 22.8. The third-order valence-corrected chi connectivity index (χ3v) is 6.62. The van der Waals surface area contributed by atoms with Gasteiger partial charge in [-0.2, -0.15) is 0 Å². The molecule has 0 spiro atoms. The first kappa shape index (κ1) is 26.0. The fourth-order valence-electron chi connectivity index (χ4n) is 4.61. The maximum Gasteiger partial charge on any atom is 0.119 e. The first-order valence-corrected chi connectivity index (χ1v) is 13.2. The molecule has 0 aliphatic carbocycles. The van der Waals surface area contributed by atoms with Crippen molar-refractivity contribution in [2.45, 2.75) is 25.7 Å². The van der Waals surface area contributed by atoms with Crippen LogP contribution in [0.5, 0.6) is 11.5 Å². The number of nitrogens with zero attached hydrogens (tertiary/aromatic N) is 6. The summed E-state index contributed by atoms with van der Waals surface area (Å²) >= 11 is 0. The molecule has 0 bridgehead atoms. The van der Waals surface area contributed by atoms with Crippen LogP contribution in [0.15, 0.2) is 58.5 Å². The number of hydrogen-bond donors (Lipinski definition) is 0. The first-order valence-electron chi connectivity index (χ1n) is 13.2. The van der Waals surface area contributed by atoms with Gasteiger partial charge in [-0.1, -0.05) is 0 Å². The molecule has 0 unspecified atom stereocenters. The Kier molecular flexibility index (Phi) is 8.10. The highest BCUT2D eigenvalue weighted by molar-refractivity contribution is 6.07. The van der Waals surface area contributed by atoms with Gasteiger partial charge in [0.05, 0.1) is 36.0 Å². The largest absolute Gasteiger partial charge is 0.494 e. The van der Waals surface area contributed by atoms with Crippen molar-refractivity contribution in [3.63, 3.8) is 0 Å². The second-order valence-corrected chi connectivity index (χ2v) is 10.4. The number of aromatic nitrogens is 2. The fraction of sp³-hybridized carbons (Fsp3) is 0.400. The number of benzene rings is 2. The highest BCUT2D eigenvalue weighted by Gasteiger charge is 2.21. The maximum atomic E-state index is 5.93. The van der Waals surface area contributed by atoms with Crippen LogP contribution in [0.3, 0.4) is 0 Å². The summed E-state index contributed by atoms with van der Waals surface area (Å²) in [5, 5.41) is 9.01. The summed E-state index contributed by atoms with van der Waals surface area (Å²) in [6, 6.07) is 16.2. The molecular weight excluding hydrogens is 476 g/mol. The molecule has 38 heavy (non-hydrogen) atoms. The third kappa shape index (κ3) is 6.44. The van der Waals surface area contributed by atoms with Crippen molar-refractivity contribution in [2.75, 3.05) is 54.5 Å². The monoisotopic (exact) mass is 512 g/mol. The Morgan fingerprint density at radius 1 is 0.632 bits per heavy atom. The lowest BCUT2D eigenvalue weighted by Gasteiger charge is -2.11. The summed E-state index contributed by atoms with van der Waals surface area (Å²) < 4.78 is 11.9. The minimum atomic E-state index is 0.705. The number of aliphatic imine (C=N–C) groups is 2. The van der Waals surface area contributed by atoms with E-state index in [1.165, 1.54) is 0 Å². The van der Waals surface area contributed by atoms with E-state index in [-0.39, 0.29) is 0 Å². The Hall–Kier alpha value is -3.62. The van der Waals surface area contributed by atoms with Crippen molar-refractivity contribution >= 4 is 22.8 Å². The van der Waals surface area contributed by atoms with Crippen LogP contribution >= 0.6 is 0 Å². The lowest BCUT2D eigenvalue weighted by molar-refractivity contribution is 0.281. The van der Waals surface area contributed by atoms with Gasteiger partial charge in [0.2, 0.25) is 0 Å². The Labute approximate surface area is 225 Å². The zero-order chi connectivity index (χ0) is 26.5. The number of fused-ring (bicyclic) bond motifs is 2. The predicted molar refractivity (Wildman–Crippen MR) is 152 cm³/mol. The molecule has 198 valence electrons. The summed E-state index contributed by atoms with van der Waals surface area (Å²) in [7, 11) is 8.29. The van der Waals surface area contributed by atoms with Crippen molar-refractivity contribution < 1.29 is 9.47 Å². The Bertz CT molecular complexity index is 1230. The Morgan fingerprint density at radius 3 is 1.47 bits per heavy atom. The summed E-state index contributed by atoms with van der Waals surface area (Å²) in [6.07, 6.45) is 3.44. The van der Waals surface area contributed by atoms with E-state index in [1.807, 2.05) is 36.4 Å². The van der Waals surface area contributed by atoms with Gasteiger partial charge in [0.25, 0.3) is 0 Å². The van der Waals surface area contributed by atoms with E-state index in [1.54, 1.807) is 0 Å². The van der Waals surface area contributed by atoms with Gasteiger partial charge in [-0.05, 0) is 101 Å². The molecule has 0 N–H and O–H groups in total. The van der Waals surface area contributed by atoms with Crippen molar-refractivity contribution in [3.8, 4) is 11.5 Å². The lowest BCUT2D eigenvalue weighted by atomic mass is 10.1. The van der Waals surface area contributed by atoms with Crippen LogP contribution in [0.4, 0.5) is 11.4 Å². The van der Waals surface area contributed by atoms with Gasteiger partial charge >= 0.3 is 0 Å². The number of hydrogen-bond acceptors (Lipinski definition) is 8. The van der Waals surface area contributed by atoms with Crippen LogP contribution < -0.4 is 9.47 Å².